The minimum atomic E-state index is -4.55. The van der Waals surface area contributed by atoms with E-state index in [1.54, 1.807) is 6.08 Å². The number of thiazole rings is 1. The lowest BCUT2D eigenvalue weighted by atomic mass is 10.0. The SMILES string of the molecule is C=CCN(C(=O)c1cn(-c2ccccc2C(F)(F)F)nn1)c1nc2c(s1)CCCC2. The third kappa shape index (κ3) is 3.87. The van der Waals surface area contributed by atoms with Gasteiger partial charge in [-0.2, -0.15) is 13.2 Å². The summed E-state index contributed by atoms with van der Waals surface area (Å²) in [6, 6.07) is 5.01. The van der Waals surface area contributed by atoms with Crippen LogP contribution in [0.25, 0.3) is 5.69 Å². The molecule has 0 fully saturated rings. The third-order valence-electron chi connectivity index (χ3n) is 4.79. The van der Waals surface area contributed by atoms with Gasteiger partial charge < -0.3 is 0 Å². The summed E-state index contributed by atoms with van der Waals surface area (Å²) in [5.41, 5.74) is -0.117. The van der Waals surface area contributed by atoms with Crippen molar-refractivity contribution in [1.29, 1.82) is 0 Å². The molecular formula is C20H18F3N5OS. The molecule has 4 rings (SSSR count). The van der Waals surface area contributed by atoms with E-state index < -0.39 is 17.6 Å². The van der Waals surface area contributed by atoms with Crippen molar-refractivity contribution in [3.63, 3.8) is 0 Å². The Bertz CT molecular complexity index is 1060. The van der Waals surface area contributed by atoms with Crippen molar-refractivity contribution in [2.75, 3.05) is 11.4 Å². The smallest absolute Gasteiger partial charge is 0.279 e. The molecule has 156 valence electrons. The number of rotatable bonds is 5. The number of fused-ring (bicyclic) bond motifs is 1. The van der Waals surface area contributed by atoms with E-state index in [-0.39, 0.29) is 17.9 Å². The van der Waals surface area contributed by atoms with Crippen LogP contribution in [0.4, 0.5) is 18.3 Å². The number of halogens is 3. The molecule has 1 aliphatic rings. The van der Waals surface area contributed by atoms with Crippen LogP contribution < -0.4 is 4.90 Å². The van der Waals surface area contributed by atoms with Gasteiger partial charge in [0.05, 0.1) is 23.1 Å². The van der Waals surface area contributed by atoms with Crippen molar-refractivity contribution in [2.45, 2.75) is 31.9 Å². The first-order chi connectivity index (χ1) is 14.4. The first-order valence-electron chi connectivity index (χ1n) is 9.39. The summed E-state index contributed by atoms with van der Waals surface area (Å²) in [7, 11) is 0. The van der Waals surface area contributed by atoms with Gasteiger partial charge >= 0.3 is 6.18 Å². The largest absolute Gasteiger partial charge is 0.418 e. The van der Waals surface area contributed by atoms with Gasteiger partial charge in [0.1, 0.15) is 0 Å². The molecule has 1 aliphatic carbocycles. The molecule has 2 heterocycles. The quantitative estimate of drug-likeness (QED) is 0.558. The average molecular weight is 433 g/mol. The minimum Gasteiger partial charge on any atom is -0.279 e. The molecule has 30 heavy (non-hydrogen) atoms. The summed E-state index contributed by atoms with van der Waals surface area (Å²) in [6.07, 6.45) is 2.20. The molecule has 0 unspecified atom stereocenters. The minimum absolute atomic E-state index is 0.0676. The number of alkyl halides is 3. The molecule has 0 N–H and O–H groups in total. The van der Waals surface area contributed by atoms with E-state index in [1.165, 1.54) is 45.5 Å². The number of carbonyl (C=O) groups excluding carboxylic acids is 1. The monoisotopic (exact) mass is 433 g/mol. The van der Waals surface area contributed by atoms with Gasteiger partial charge in [0.15, 0.2) is 10.8 Å². The highest BCUT2D eigenvalue weighted by Crippen LogP contribution is 2.34. The number of para-hydroxylation sites is 1. The number of hydrogen-bond donors (Lipinski definition) is 0. The number of benzene rings is 1. The molecule has 0 saturated carbocycles. The van der Waals surface area contributed by atoms with Gasteiger partial charge in [-0.15, -0.1) is 23.0 Å². The number of hydrogen-bond acceptors (Lipinski definition) is 5. The Morgan fingerprint density at radius 2 is 2.03 bits per heavy atom. The lowest BCUT2D eigenvalue weighted by molar-refractivity contribution is -0.137. The molecule has 0 saturated heterocycles. The van der Waals surface area contributed by atoms with E-state index in [9.17, 15) is 18.0 Å². The number of amides is 1. The first-order valence-corrected chi connectivity index (χ1v) is 10.2. The van der Waals surface area contributed by atoms with Gasteiger partial charge in [0.2, 0.25) is 0 Å². The van der Waals surface area contributed by atoms with Crippen LogP contribution in [0.2, 0.25) is 0 Å². The van der Waals surface area contributed by atoms with Crippen LogP contribution in [0.1, 0.15) is 39.5 Å². The fourth-order valence-electron chi connectivity index (χ4n) is 3.36. The van der Waals surface area contributed by atoms with E-state index in [2.05, 4.69) is 21.9 Å². The third-order valence-corrected chi connectivity index (χ3v) is 5.97. The van der Waals surface area contributed by atoms with E-state index in [0.717, 1.165) is 42.1 Å². The first kappa shape index (κ1) is 20.3. The van der Waals surface area contributed by atoms with Crippen molar-refractivity contribution in [1.82, 2.24) is 20.0 Å². The Balaban J connectivity index is 1.66. The Morgan fingerprint density at radius 3 is 2.77 bits per heavy atom. The maximum atomic E-state index is 13.3. The van der Waals surface area contributed by atoms with Crippen LogP contribution in [0.3, 0.4) is 0 Å². The van der Waals surface area contributed by atoms with Crippen molar-refractivity contribution in [3.8, 4) is 5.69 Å². The molecule has 0 spiro atoms. The predicted octanol–water partition coefficient (Wildman–Crippen LogP) is 4.45. The van der Waals surface area contributed by atoms with Gasteiger partial charge in [0.25, 0.3) is 5.91 Å². The molecule has 0 atom stereocenters. The fraction of sp³-hybridized carbons (Fsp3) is 0.300. The van der Waals surface area contributed by atoms with E-state index >= 15 is 0 Å². The molecule has 3 aromatic rings. The molecule has 10 heteroatoms. The molecule has 0 radical (unpaired) electrons. The van der Waals surface area contributed by atoms with Crippen molar-refractivity contribution in [3.05, 3.63) is 64.9 Å². The van der Waals surface area contributed by atoms with Crippen molar-refractivity contribution < 1.29 is 18.0 Å². The van der Waals surface area contributed by atoms with Crippen LogP contribution in [-0.2, 0) is 19.0 Å². The summed E-state index contributed by atoms with van der Waals surface area (Å²) in [5.74, 6) is -0.489. The predicted molar refractivity (Wildman–Crippen MR) is 107 cm³/mol. The summed E-state index contributed by atoms with van der Waals surface area (Å²) in [6.45, 7) is 3.90. The zero-order chi connectivity index (χ0) is 21.3. The molecule has 0 aliphatic heterocycles. The summed E-state index contributed by atoms with van der Waals surface area (Å²) in [4.78, 5) is 20.3. The highest BCUT2D eigenvalue weighted by atomic mass is 32.1. The molecule has 6 nitrogen and oxygen atoms in total. The van der Waals surface area contributed by atoms with Crippen molar-refractivity contribution in [2.24, 2.45) is 0 Å². The molecule has 1 aromatic carbocycles. The second-order valence-electron chi connectivity index (χ2n) is 6.84. The maximum absolute atomic E-state index is 13.3. The second kappa shape index (κ2) is 8.02. The van der Waals surface area contributed by atoms with E-state index in [4.69, 9.17) is 0 Å². The van der Waals surface area contributed by atoms with Gasteiger partial charge in [-0.05, 0) is 37.8 Å². The summed E-state index contributed by atoms with van der Waals surface area (Å²) in [5, 5.41) is 8.12. The van der Waals surface area contributed by atoms with E-state index in [1.807, 2.05) is 0 Å². The maximum Gasteiger partial charge on any atom is 0.418 e. The zero-order valence-corrected chi connectivity index (χ0v) is 16.7. The zero-order valence-electron chi connectivity index (χ0n) is 15.9. The lowest BCUT2D eigenvalue weighted by Gasteiger charge is -2.16. The average Bonchev–Trinajstić information content (AvgIpc) is 3.38. The Morgan fingerprint density at radius 1 is 1.27 bits per heavy atom. The second-order valence-corrected chi connectivity index (χ2v) is 7.90. The molecular weight excluding hydrogens is 415 g/mol. The lowest BCUT2D eigenvalue weighted by Crippen LogP contribution is -2.31. The van der Waals surface area contributed by atoms with E-state index in [0.29, 0.717) is 5.13 Å². The number of aromatic nitrogens is 4. The molecule has 2 aromatic heterocycles. The molecule has 0 bridgehead atoms. The highest BCUT2D eigenvalue weighted by Gasteiger charge is 2.34. The Hall–Kier alpha value is -3.01. The number of carbonyl (C=O) groups is 1. The van der Waals surface area contributed by atoms with Gasteiger partial charge in [-0.1, -0.05) is 23.4 Å². The van der Waals surface area contributed by atoms with Gasteiger partial charge in [0, 0.05) is 11.4 Å². The highest BCUT2D eigenvalue weighted by molar-refractivity contribution is 7.16. The van der Waals surface area contributed by atoms with Crippen LogP contribution in [0.5, 0.6) is 0 Å². The Kier molecular flexibility index (Phi) is 5.42. The standard InChI is InChI=1S/C20H18F3N5OS/c1-2-11-27(19-24-14-8-4-6-10-17(14)30-19)18(29)15-12-28(26-25-15)16-9-5-3-7-13(16)20(21,22)23/h2-3,5,7,9,12H,1,4,6,8,10-11H2. The van der Waals surface area contributed by atoms with Gasteiger partial charge in [-0.25, -0.2) is 9.67 Å². The van der Waals surface area contributed by atoms with Crippen LogP contribution >= 0.6 is 11.3 Å². The van der Waals surface area contributed by atoms with Gasteiger partial charge in [-0.3, -0.25) is 9.69 Å². The number of aryl methyl sites for hydroxylation is 2. The van der Waals surface area contributed by atoms with Crippen LogP contribution in [0.15, 0.2) is 43.1 Å². The Labute approximate surface area is 174 Å². The number of nitrogens with zero attached hydrogens (tertiary/aromatic N) is 5. The van der Waals surface area contributed by atoms with Crippen LogP contribution in [-0.4, -0.2) is 32.4 Å². The summed E-state index contributed by atoms with van der Waals surface area (Å²) >= 11 is 1.46. The summed E-state index contributed by atoms with van der Waals surface area (Å²) < 4.78 is 40.9. The fourth-order valence-corrected chi connectivity index (χ4v) is 4.52. The van der Waals surface area contributed by atoms with Crippen molar-refractivity contribution >= 4 is 22.4 Å². The number of anilines is 1. The molecule has 1 amide bonds. The normalized spacial score (nSPS) is 13.7. The topological polar surface area (TPSA) is 63.9 Å². The van der Waals surface area contributed by atoms with Crippen LogP contribution in [0, 0.1) is 0 Å².